The standard InChI is InChI=1S/C14H24F3N3O/c1-13(4-2-5-18-9-13)12(21)19-7-11-3-6-20(8-11)10-14(15,16)17/h11,18H,2-10H2,1H3,(H,19,21). The third-order valence-electron chi connectivity index (χ3n) is 4.47. The molecule has 2 fully saturated rings. The van der Waals surface area contributed by atoms with E-state index in [1.54, 1.807) is 0 Å². The molecule has 2 saturated heterocycles. The second-order valence-electron chi connectivity index (χ2n) is 6.56. The SMILES string of the molecule is CC1(C(=O)NCC2CCN(CC(F)(F)F)C2)CCCNC1. The Hall–Kier alpha value is -0.820. The third-order valence-corrected chi connectivity index (χ3v) is 4.47. The summed E-state index contributed by atoms with van der Waals surface area (Å²) in [5.41, 5.74) is -0.386. The molecule has 2 atom stereocenters. The third kappa shape index (κ3) is 4.85. The number of hydrogen-bond acceptors (Lipinski definition) is 3. The number of carbonyl (C=O) groups excluding carboxylic acids is 1. The molecule has 2 N–H and O–H groups in total. The molecule has 0 aromatic rings. The van der Waals surface area contributed by atoms with Crippen LogP contribution in [0.2, 0.25) is 0 Å². The molecule has 2 aliphatic heterocycles. The van der Waals surface area contributed by atoms with Crippen LogP contribution in [0.3, 0.4) is 0 Å². The lowest BCUT2D eigenvalue weighted by molar-refractivity contribution is -0.144. The molecule has 0 aromatic carbocycles. The number of nitrogens with one attached hydrogen (secondary N) is 2. The van der Waals surface area contributed by atoms with Gasteiger partial charge in [-0.25, -0.2) is 0 Å². The van der Waals surface area contributed by atoms with E-state index in [0.29, 0.717) is 32.6 Å². The molecule has 2 unspecified atom stereocenters. The summed E-state index contributed by atoms with van der Waals surface area (Å²) in [6.07, 6.45) is -1.59. The zero-order chi connectivity index (χ0) is 15.5. The minimum Gasteiger partial charge on any atom is -0.355 e. The van der Waals surface area contributed by atoms with Crippen LogP contribution in [0.5, 0.6) is 0 Å². The predicted octanol–water partition coefficient (Wildman–Crippen LogP) is 1.38. The zero-order valence-electron chi connectivity index (χ0n) is 12.4. The van der Waals surface area contributed by atoms with Crippen molar-refractivity contribution in [3.05, 3.63) is 0 Å². The van der Waals surface area contributed by atoms with E-state index >= 15 is 0 Å². The number of rotatable bonds is 4. The van der Waals surface area contributed by atoms with Gasteiger partial charge in [-0.05, 0) is 45.2 Å². The topological polar surface area (TPSA) is 44.4 Å². The van der Waals surface area contributed by atoms with E-state index in [9.17, 15) is 18.0 Å². The number of nitrogens with zero attached hydrogens (tertiary/aromatic N) is 1. The Bertz CT molecular complexity index is 367. The maximum atomic E-state index is 12.3. The summed E-state index contributed by atoms with van der Waals surface area (Å²) < 4.78 is 37.0. The highest BCUT2D eigenvalue weighted by atomic mass is 19.4. The Morgan fingerprint density at radius 3 is 2.86 bits per heavy atom. The van der Waals surface area contributed by atoms with E-state index in [1.807, 2.05) is 6.92 Å². The second kappa shape index (κ2) is 6.52. The molecule has 0 aliphatic carbocycles. The van der Waals surface area contributed by atoms with Crippen molar-refractivity contribution in [1.29, 1.82) is 0 Å². The number of alkyl halides is 3. The fraction of sp³-hybridized carbons (Fsp3) is 0.929. The second-order valence-corrected chi connectivity index (χ2v) is 6.56. The molecular weight excluding hydrogens is 283 g/mol. The smallest absolute Gasteiger partial charge is 0.355 e. The average Bonchev–Trinajstić information content (AvgIpc) is 2.82. The molecule has 0 aromatic heterocycles. The van der Waals surface area contributed by atoms with Gasteiger partial charge in [0.15, 0.2) is 0 Å². The molecule has 0 bridgehead atoms. The number of amides is 1. The van der Waals surface area contributed by atoms with Crippen LogP contribution in [0.1, 0.15) is 26.2 Å². The molecule has 2 heterocycles. The van der Waals surface area contributed by atoms with E-state index in [-0.39, 0.29) is 17.2 Å². The summed E-state index contributed by atoms with van der Waals surface area (Å²) in [5.74, 6) is 0.139. The summed E-state index contributed by atoms with van der Waals surface area (Å²) in [6.45, 7) is 4.05. The number of carbonyl (C=O) groups is 1. The number of halogens is 3. The first-order valence-corrected chi connectivity index (χ1v) is 7.57. The Morgan fingerprint density at radius 1 is 1.48 bits per heavy atom. The van der Waals surface area contributed by atoms with Crippen molar-refractivity contribution in [3.63, 3.8) is 0 Å². The first-order chi connectivity index (χ1) is 9.78. The molecule has 1 amide bonds. The summed E-state index contributed by atoms with van der Waals surface area (Å²) in [4.78, 5) is 13.7. The van der Waals surface area contributed by atoms with Crippen LogP contribution in [0.4, 0.5) is 13.2 Å². The van der Waals surface area contributed by atoms with Gasteiger partial charge in [-0.1, -0.05) is 0 Å². The first-order valence-electron chi connectivity index (χ1n) is 7.57. The monoisotopic (exact) mass is 307 g/mol. The Balaban J connectivity index is 1.73. The largest absolute Gasteiger partial charge is 0.401 e. The summed E-state index contributed by atoms with van der Waals surface area (Å²) in [5, 5.41) is 6.15. The van der Waals surface area contributed by atoms with Gasteiger partial charge in [-0.3, -0.25) is 9.69 Å². The normalized spacial score (nSPS) is 31.3. The van der Waals surface area contributed by atoms with Gasteiger partial charge in [0.1, 0.15) is 0 Å². The van der Waals surface area contributed by atoms with E-state index in [4.69, 9.17) is 0 Å². The summed E-state index contributed by atoms with van der Waals surface area (Å²) in [7, 11) is 0. The van der Waals surface area contributed by atoms with Gasteiger partial charge in [0, 0.05) is 19.6 Å². The number of hydrogen-bond donors (Lipinski definition) is 2. The van der Waals surface area contributed by atoms with E-state index in [0.717, 1.165) is 19.4 Å². The van der Waals surface area contributed by atoms with Crippen molar-refractivity contribution in [2.24, 2.45) is 11.3 Å². The molecule has 122 valence electrons. The lowest BCUT2D eigenvalue weighted by atomic mass is 9.82. The average molecular weight is 307 g/mol. The van der Waals surface area contributed by atoms with E-state index in [2.05, 4.69) is 10.6 Å². The van der Waals surface area contributed by atoms with Crippen molar-refractivity contribution < 1.29 is 18.0 Å². The fourth-order valence-electron chi connectivity index (χ4n) is 3.18. The van der Waals surface area contributed by atoms with Gasteiger partial charge < -0.3 is 10.6 Å². The molecular formula is C14H24F3N3O. The number of piperidine rings is 1. The minimum atomic E-state index is -4.14. The Kier molecular flexibility index (Phi) is 5.14. The molecule has 2 aliphatic rings. The van der Waals surface area contributed by atoms with Crippen LogP contribution < -0.4 is 10.6 Å². The van der Waals surface area contributed by atoms with Gasteiger partial charge in [-0.2, -0.15) is 13.2 Å². The summed E-state index contributed by atoms with van der Waals surface area (Å²) >= 11 is 0. The highest BCUT2D eigenvalue weighted by molar-refractivity contribution is 5.82. The maximum absolute atomic E-state index is 12.3. The van der Waals surface area contributed by atoms with E-state index in [1.165, 1.54) is 4.90 Å². The van der Waals surface area contributed by atoms with Gasteiger partial charge >= 0.3 is 6.18 Å². The molecule has 2 rings (SSSR count). The minimum absolute atomic E-state index is 0.0176. The van der Waals surface area contributed by atoms with Crippen LogP contribution >= 0.6 is 0 Å². The van der Waals surface area contributed by atoms with Crippen LogP contribution in [-0.2, 0) is 4.79 Å². The van der Waals surface area contributed by atoms with Crippen LogP contribution in [-0.4, -0.2) is 56.3 Å². The fourth-order valence-corrected chi connectivity index (χ4v) is 3.18. The van der Waals surface area contributed by atoms with Crippen molar-refractivity contribution in [2.45, 2.75) is 32.4 Å². The van der Waals surface area contributed by atoms with Crippen molar-refractivity contribution in [2.75, 3.05) is 39.3 Å². The van der Waals surface area contributed by atoms with Crippen LogP contribution in [0.15, 0.2) is 0 Å². The predicted molar refractivity (Wildman–Crippen MR) is 73.8 cm³/mol. The van der Waals surface area contributed by atoms with Gasteiger partial charge in [-0.15, -0.1) is 0 Å². The van der Waals surface area contributed by atoms with Crippen molar-refractivity contribution >= 4 is 5.91 Å². The molecule has 0 spiro atoms. The molecule has 0 radical (unpaired) electrons. The highest BCUT2D eigenvalue weighted by Crippen LogP contribution is 2.26. The number of likely N-dealkylation sites (tertiary alicyclic amines) is 1. The Morgan fingerprint density at radius 2 is 2.24 bits per heavy atom. The highest BCUT2D eigenvalue weighted by Gasteiger charge is 2.36. The molecule has 21 heavy (non-hydrogen) atoms. The Labute approximate surface area is 123 Å². The van der Waals surface area contributed by atoms with Crippen LogP contribution in [0.25, 0.3) is 0 Å². The lowest BCUT2D eigenvalue weighted by Gasteiger charge is -2.33. The van der Waals surface area contributed by atoms with Gasteiger partial charge in [0.05, 0.1) is 12.0 Å². The molecule has 4 nitrogen and oxygen atoms in total. The molecule has 7 heteroatoms. The van der Waals surface area contributed by atoms with E-state index < -0.39 is 12.7 Å². The summed E-state index contributed by atoms with van der Waals surface area (Å²) in [6, 6.07) is 0. The van der Waals surface area contributed by atoms with Crippen LogP contribution in [0, 0.1) is 11.3 Å². The quantitative estimate of drug-likeness (QED) is 0.825. The van der Waals surface area contributed by atoms with Crippen molar-refractivity contribution in [3.8, 4) is 0 Å². The maximum Gasteiger partial charge on any atom is 0.401 e. The van der Waals surface area contributed by atoms with Crippen molar-refractivity contribution in [1.82, 2.24) is 15.5 Å². The van der Waals surface area contributed by atoms with Gasteiger partial charge in [0.25, 0.3) is 0 Å². The first kappa shape index (κ1) is 16.5. The van der Waals surface area contributed by atoms with Gasteiger partial charge in [0.2, 0.25) is 5.91 Å². The lowest BCUT2D eigenvalue weighted by Crippen LogP contribution is -2.49. The zero-order valence-corrected chi connectivity index (χ0v) is 12.4. The molecule has 0 saturated carbocycles.